The number of carboxylic acid groups (broad SMARTS) is 2. The fraction of sp³-hybridized carbons (Fsp3) is 0.529. The normalized spacial score (nSPS) is 10.2. The van der Waals surface area contributed by atoms with Crippen molar-refractivity contribution in [2.24, 2.45) is 0 Å². The van der Waals surface area contributed by atoms with Crippen molar-refractivity contribution < 1.29 is 29.3 Å². The molecule has 142 valence electrons. The lowest BCUT2D eigenvalue weighted by molar-refractivity contribution is -0.159. The Labute approximate surface area is 152 Å². The van der Waals surface area contributed by atoms with E-state index in [-0.39, 0.29) is 0 Å². The summed E-state index contributed by atoms with van der Waals surface area (Å²) in [5.41, 5.74) is 2.12. The van der Waals surface area contributed by atoms with E-state index in [9.17, 15) is 0 Å². The van der Waals surface area contributed by atoms with Gasteiger partial charge in [0.1, 0.15) is 12.4 Å². The van der Waals surface area contributed by atoms with Gasteiger partial charge in [-0.05, 0) is 37.1 Å². The van der Waals surface area contributed by atoms with Crippen LogP contribution in [-0.4, -0.2) is 54.6 Å². The van der Waals surface area contributed by atoms with E-state index < -0.39 is 11.9 Å². The van der Waals surface area contributed by atoms with Crippen LogP contribution in [0.25, 0.3) is 0 Å². The largest absolute Gasteiger partial charge is 0.491 e. The highest BCUT2D eigenvalue weighted by Gasteiger charge is 2.05. The molecule has 0 heterocycles. The summed E-state index contributed by atoms with van der Waals surface area (Å²) in [5.74, 6) is -2.74. The van der Waals surface area contributed by atoms with Crippen LogP contribution in [-0.2, 0) is 14.3 Å². The molecule has 25 heavy (non-hydrogen) atoms. The minimum Gasteiger partial charge on any atom is -0.491 e. The minimum atomic E-state index is -1.82. The van der Waals surface area contributed by atoms with Gasteiger partial charge in [-0.2, -0.15) is 0 Å². The number of ether oxygens (including phenoxy) is 2. The smallest absolute Gasteiger partial charge is 0.414 e. The fourth-order valence-electron chi connectivity index (χ4n) is 1.85. The number of hydrogen-bond acceptors (Lipinski definition) is 5. The first-order valence-electron chi connectivity index (χ1n) is 7.82. The van der Waals surface area contributed by atoms with Crippen molar-refractivity contribution in [1.82, 2.24) is 5.32 Å². The second-order valence-corrected chi connectivity index (χ2v) is 5.99. The van der Waals surface area contributed by atoms with Crippen molar-refractivity contribution in [2.45, 2.75) is 33.7 Å². The summed E-state index contributed by atoms with van der Waals surface area (Å²) in [6.45, 7) is 11.0. The fourth-order valence-corrected chi connectivity index (χ4v) is 2.18. The summed E-state index contributed by atoms with van der Waals surface area (Å²) in [4.78, 5) is 18.2. The number of rotatable bonds is 8. The van der Waals surface area contributed by atoms with E-state index in [2.05, 4.69) is 19.2 Å². The number of carbonyl (C=O) groups is 2. The highest BCUT2D eigenvalue weighted by atomic mass is 35.5. The lowest BCUT2D eigenvalue weighted by Crippen LogP contribution is -2.27. The molecule has 0 saturated carbocycles. The number of hydrogen-bond donors (Lipinski definition) is 3. The SMILES string of the molecule is Cc1cc(Cl)cc(C)c1OCCOCCNC(C)C.O=C(O)C(=O)O. The minimum absolute atomic E-state index is 0.499. The Morgan fingerprint density at radius 3 is 2.04 bits per heavy atom. The predicted octanol–water partition coefficient (Wildman–Crippen LogP) is 2.51. The van der Waals surface area contributed by atoms with Gasteiger partial charge in [0.05, 0.1) is 13.2 Å². The molecule has 0 aliphatic rings. The molecule has 3 N–H and O–H groups in total. The second kappa shape index (κ2) is 12.5. The van der Waals surface area contributed by atoms with E-state index in [1.54, 1.807) is 0 Å². The molecule has 0 spiro atoms. The van der Waals surface area contributed by atoms with Gasteiger partial charge in [0.25, 0.3) is 0 Å². The zero-order valence-corrected chi connectivity index (χ0v) is 15.7. The summed E-state index contributed by atoms with van der Waals surface area (Å²) in [5, 5.41) is 18.8. The first-order valence-corrected chi connectivity index (χ1v) is 8.19. The molecular formula is C17H26ClNO6. The Morgan fingerprint density at radius 2 is 1.60 bits per heavy atom. The molecule has 0 radical (unpaired) electrons. The summed E-state index contributed by atoms with van der Waals surface area (Å²) in [6, 6.07) is 4.33. The van der Waals surface area contributed by atoms with E-state index in [1.807, 2.05) is 26.0 Å². The van der Waals surface area contributed by atoms with E-state index in [1.165, 1.54) is 0 Å². The average molecular weight is 376 g/mol. The van der Waals surface area contributed by atoms with Gasteiger partial charge >= 0.3 is 11.9 Å². The molecule has 0 aliphatic carbocycles. The number of halogens is 1. The maximum absolute atomic E-state index is 9.10. The molecule has 1 aromatic rings. The van der Waals surface area contributed by atoms with Gasteiger partial charge in [-0.15, -0.1) is 0 Å². The summed E-state index contributed by atoms with van der Waals surface area (Å²) in [6.07, 6.45) is 0. The number of carboxylic acids is 2. The maximum Gasteiger partial charge on any atom is 0.414 e. The van der Waals surface area contributed by atoms with Crippen molar-refractivity contribution in [3.63, 3.8) is 0 Å². The van der Waals surface area contributed by atoms with Crippen LogP contribution in [0, 0.1) is 13.8 Å². The van der Waals surface area contributed by atoms with Crippen molar-refractivity contribution in [3.05, 3.63) is 28.3 Å². The van der Waals surface area contributed by atoms with Gasteiger partial charge in [0, 0.05) is 17.6 Å². The van der Waals surface area contributed by atoms with Crippen molar-refractivity contribution in [2.75, 3.05) is 26.4 Å². The van der Waals surface area contributed by atoms with Crippen LogP contribution in [0.3, 0.4) is 0 Å². The van der Waals surface area contributed by atoms with Crippen LogP contribution in [0.4, 0.5) is 0 Å². The quantitative estimate of drug-likeness (QED) is 0.473. The van der Waals surface area contributed by atoms with E-state index in [0.29, 0.717) is 25.9 Å². The standard InChI is InChI=1S/C15H24ClNO2.C2H2O4/c1-11(2)17-5-6-18-7-8-19-15-12(3)9-14(16)10-13(15)4;3-1(4)2(5)6/h9-11,17H,5-8H2,1-4H3;(H,3,4)(H,5,6). The Kier molecular flexibility index (Phi) is 11.6. The Bertz CT molecular complexity index is 527. The first kappa shape index (κ1) is 23.2. The van der Waals surface area contributed by atoms with Crippen LogP contribution in [0.1, 0.15) is 25.0 Å². The molecule has 7 nitrogen and oxygen atoms in total. The van der Waals surface area contributed by atoms with E-state index >= 15 is 0 Å². The van der Waals surface area contributed by atoms with E-state index in [0.717, 1.165) is 28.4 Å². The van der Waals surface area contributed by atoms with Crippen LogP contribution < -0.4 is 10.1 Å². The molecule has 0 fully saturated rings. The van der Waals surface area contributed by atoms with Crippen LogP contribution in [0.15, 0.2) is 12.1 Å². The first-order chi connectivity index (χ1) is 11.6. The van der Waals surface area contributed by atoms with Crippen LogP contribution in [0.5, 0.6) is 5.75 Å². The summed E-state index contributed by atoms with van der Waals surface area (Å²) in [7, 11) is 0. The zero-order valence-electron chi connectivity index (χ0n) is 15.0. The predicted molar refractivity (Wildman–Crippen MR) is 95.7 cm³/mol. The molecule has 0 unspecified atom stereocenters. The Morgan fingerprint density at radius 1 is 1.08 bits per heavy atom. The summed E-state index contributed by atoms with van der Waals surface area (Å²) >= 11 is 5.98. The molecule has 1 aromatic carbocycles. The lowest BCUT2D eigenvalue weighted by Gasteiger charge is -2.13. The highest BCUT2D eigenvalue weighted by molar-refractivity contribution is 6.30. The van der Waals surface area contributed by atoms with Crippen LogP contribution in [0.2, 0.25) is 5.02 Å². The van der Waals surface area contributed by atoms with Gasteiger partial charge in [0.2, 0.25) is 0 Å². The molecule has 0 atom stereocenters. The molecule has 8 heteroatoms. The molecule has 0 aliphatic heterocycles. The van der Waals surface area contributed by atoms with Crippen molar-refractivity contribution >= 4 is 23.5 Å². The Hall–Kier alpha value is -1.83. The van der Waals surface area contributed by atoms with Crippen LogP contribution >= 0.6 is 11.6 Å². The number of benzene rings is 1. The van der Waals surface area contributed by atoms with E-state index in [4.69, 9.17) is 40.9 Å². The molecule has 1 rings (SSSR count). The molecule has 0 aromatic heterocycles. The summed E-state index contributed by atoms with van der Waals surface area (Å²) < 4.78 is 11.2. The van der Waals surface area contributed by atoms with Gasteiger partial charge in [-0.1, -0.05) is 25.4 Å². The average Bonchev–Trinajstić information content (AvgIpc) is 2.48. The third-order valence-electron chi connectivity index (χ3n) is 2.88. The molecular weight excluding hydrogens is 350 g/mol. The topological polar surface area (TPSA) is 105 Å². The van der Waals surface area contributed by atoms with Gasteiger partial charge in [-0.25, -0.2) is 9.59 Å². The second-order valence-electron chi connectivity index (χ2n) is 5.55. The third-order valence-corrected chi connectivity index (χ3v) is 3.10. The van der Waals surface area contributed by atoms with Gasteiger partial charge in [-0.3, -0.25) is 0 Å². The lowest BCUT2D eigenvalue weighted by atomic mass is 10.1. The number of nitrogens with one attached hydrogen (secondary N) is 1. The third kappa shape index (κ3) is 11.4. The van der Waals surface area contributed by atoms with Crippen molar-refractivity contribution in [3.8, 4) is 5.75 Å². The van der Waals surface area contributed by atoms with Gasteiger partial charge < -0.3 is 25.0 Å². The maximum atomic E-state index is 9.10. The number of aryl methyl sites for hydroxylation is 2. The molecule has 0 bridgehead atoms. The zero-order chi connectivity index (χ0) is 19.4. The van der Waals surface area contributed by atoms with Gasteiger partial charge in [0.15, 0.2) is 0 Å². The molecule has 0 saturated heterocycles. The van der Waals surface area contributed by atoms with Crippen molar-refractivity contribution in [1.29, 1.82) is 0 Å². The number of aliphatic carboxylic acids is 2. The Balaban J connectivity index is 0.000000823. The highest BCUT2D eigenvalue weighted by Crippen LogP contribution is 2.26. The molecule has 0 amide bonds. The monoisotopic (exact) mass is 375 g/mol.